The van der Waals surface area contributed by atoms with Crippen LogP contribution < -0.4 is 0 Å². The van der Waals surface area contributed by atoms with Gasteiger partial charge in [0, 0.05) is 12.6 Å². The highest BCUT2D eigenvalue weighted by atomic mass is 32.2. The van der Waals surface area contributed by atoms with Crippen LogP contribution in [0.3, 0.4) is 0 Å². The number of amidine groups is 1. The van der Waals surface area contributed by atoms with Crippen molar-refractivity contribution in [3.63, 3.8) is 0 Å². The molecule has 2 aromatic rings. The molecule has 118 valence electrons. The number of aromatic nitrogens is 2. The summed E-state index contributed by atoms with van der Waals surface area (Å²) in [5, 5.41) is 9.84. The van der Waals surface area contributed by atoms with Gasteiger partial charge in [-0.25, -0.2) is 0 Å². The van der Waals surface area contributed by atoms with E-state index in [1.165, 1.54) is 23.1 Å². The zero-order valence-electron chi connectivity index (χ0n) is 12.6. The average Bonchev–Trinajstić information content (AvgIpc) is 3.17. The molecule has 2 aromatic heterocycles. The summed E-state index contributed by atoms with van der Waals surface area (Å²) in [5.41, 5.74) is 0. The molecule has 1 saturated heterocycles. The molecule has 1 aliphatic rings. The Morgan fingerprint density at radius 2 is 2.22 bits per heavy atom. The highest BCUT2D eigenvalue weighted by molar-refractivity contribution is 8.18. The summed E-state index contributed by atoms with van der Waals surface area (Å²) in [7, 11) is 0. The molecule has 0 N–H and O–H groups in total. The number of thioether (sulfide) groups is 1. The smallest absolute Gasteiger partial charge is 0.267 e. The van der Waals surface area contributed by atoms with Gasteiger partial charge in [0.2, 0.25) is 5.13 Å². The summed E-state index contributed by atoms with van der Waals surface area (Å²) in [6.07, 6.45) is 3.39. The molecule has 8 heteroatoms. The zero-order valence-corrected chi connectivity index (χ0v) is 14.3. The summed E-state index contributed by atoms with van der Waals surface area (Å²) in [5.74, 6) is 1.32. The topological polar surface area (TPSA) is 71.6 Å². The Bertz CT molecular complexity index is 819. The lowest BCUT2D eigenvalue weighted by Crippen LogP contribution is -2.29. The standard InChI is InChI=1S/C15H14N4O2S2/c1-4-7-19-13(20)12(8-11-6-5-9(2)21-11)23-15(19)16-14-18-17-10(3)22-14/h4-6,8H,1,7H2,2-3H3/b12-8+,16-15+. The maximum absolute atomic E-state index is 12.5. The van der Waals surface area contributed by atoms with Gasteiger partial charge in [0.05, 0.1) is 4.91 Å². The summed E-state index contributed by atoms with van der Waals surface area (Å²) in [6.45, 7) is 7.80. The van der Waals surface area contributed by atoms with E-state index < -0.39 is 0 Å². The van der Waals surface area contributed by atoms with Gasteiger partial charge in [0.1, 0.15) is 16.5 Å². The molecule has 0 atom stereocenters. The Balaban J connectivity index is 1.93. The molecule has 6 nitrogen and oxygen atoms in total. The minimum absolute atomic E-state index is 0.121. The molecule has 0 bridgehead atoms. The average molecular weight is 346 g/mol. The van der Waals surface area contributed by atoms with E-state index in [-0.39, 0.29) is 5.91 Å². The maximum Gasteiger partial charge on any atom is 0.267 e. The molecule has 1 aliphatic heterocycles. The van der Waals surface area contributed by atoms with E-state index in [4.69, 9.17) is 4.42 Å². The third-order valence-electron chi connectivity index (χ3n) is 2.94. The van der Waals surface area contributed by atoms with Crippen LogP contribution in [0, 0.1) is 13.8 Å². The van der Waals surface area contributed by atoms with Gasteiger partial charge in [-0.05, 0) is 37.7 Å². The van der Waals surface area contributed by atoms with Crippen LogP contribution in [-0.2, 0) is 4.79 Å². The lowest BCUT2D eigenvalue weighted by molar-refractivity contribution is -0.121. The fraction of sp³-hybridized carbons (Fsp3) is 0.200. The molecule has 3 heterocycles. The molecule has 0 saturated carbocycles. The normalized spacial score (nSPS) is 18.3. The zero-order chi connectivity index (χ0) is 16.4. The van der Waals surface area contributed by atoms with E-state index in [2.05, 4.69) is 21.8 Å². The molecule has 1 fully saturated rings. The van der Waals surface area contributed by atoms with Crippen molar-refractivity contribution in [2.75, 3.05) is 6.54 Å². The first-order valence-corrected chi connectivity index (χ1v) is 8.47. The second-order valence-electron chi connectivity index (χ2n) is 4.76. The number of aryl methyl sites for hydroxylation is 2. The van der Waals surface area contributed by atoms with Gasteiger partial charge in [-0.2, -0.15) is 4.99 Å². The van der Waals surface area contributed by atoms with Crippen LogP contribution in [0.15, 0.2) is 39.1 Å². The predicted molar refractivity (Wildman–Crippen MR) is 92.7 cm³/mol. The van der Waals surface area contributed by atoms with Gasteiger partial charge in [-0.1, -0.05) is 17.4 Å². The number of hydrogen-bond donors (Lipinski definition) is 0. The van der Waals surface area contributed by atoms with Crippen LogP contribution >= 0.6 is 23.1 Å². The van der Waals surface area contributed by atoms with Crippen LogP contribution in [0.5, 0.6) is 0 Å². The fourth-order valence-electron chi connectivity index (χ4n) is 1.95. The Kier molecular flexibility index (Phi) is 4.44. The van der Waals surface area contributed by atoms with Gasteiger partial charge in [0.25, 0.3) is 5.91 Å². The van der Waals surface area contributed by atoms with Crippen molar-refractivity contribution in [1.82, 2.24) is 15.1 Å². The molecular formula is C15H14N4O2S2. The number of rotatable bonds is 4. The van der Waals surface area contributed by atoms with E-state index in [1.807, 2.05) is 26.0 Å². The predicted octanol–water partition coefficient (Wildman–Crippen LogP) is 3.54. The van der Waals surface area contributed by atoms with Crippen LogP contribution in [0.4, 0.5) is 5.13 Å². The first-order chi connectivity index (χ1) is 11.1. The van der Waals surface area contributed by atoms with Crippen LogP contribution in [-0.4, -0.2) is 32.7 Å². The lowest BCUT2D eigenvalue weighted by Gasteiger charge is -2.11. The van der Waals surface area contributed by atoms with Crippen molar-refractivity contribution in [1.29, 1.82) is 0 Å². The maximum atomic E-state index is 12.5. The number of carbonyl (C=O) groups excluding carboxylic acids is 1. The molecule has 0 spiro atoms. The minimum atomic E-state index is -0.121. The molecule has 1 amide bonds. The number of amides is 1. The minimum Gasteiger partial charge on any atom is -0.462 e. The Morgan fingerprint density at radius 3 is 2.83 bits per heavy atom. The Labute approximate surface area is 141 Å². The largest absolute Gasteiger partial charge is 0.462 e. The monoisotopic (exact) mass is 346 g/mol. The summed E-state index contributed by atoms with van der Waals surface area (Å²) >= 11 is 2.67. The van der Waals surface area contributed by atoms with E-state index in [9.17, 15) is 4.79 Å². The van der Waals surface area contributed by atoms with Gasteiger partial charge in [-0.3, -0.25) is 9.69 Å². The first kappa shape index (κ1) is 15.7. The second kappa shape index (κ2) is 6.51. The first-order valence-electron chi connectivity index (χ1n) is 6.84. The van der Waals surface area contributed by atoms with Crippen molar-refractivity contribution in [2.45, 2.75) is 13.8 Å². The van der Waals surface area contributed by atoms with Crippen LogP contribution in [0.25, 0.3) is 6.08 Å². The summed E-state index contributed by atoms with van der Waals surface area (Å²) in [4.78, 5) is 19.1. The highest BCUT2D eigenvalue weighted by Gasteiger charge is 2.33. The van der Waals surface area contributed by atoms with E-state index >= 15 is 0 Å². The second-order valence-corrected chi connectivity index (χ2v) is 6.93. The van der Waals surface area contributed by atoms with E-state index in [0.29, 0.717) is 27.5 Å². The third-order valence-corrected chi connectivity index (χ3v) is 4.68. The number of carbonyl (C=O) groups is 1. The van der Waals surface area contributed by atoms with Crippen molar-refractivity contribution in [3.05, 3.63) is 46.2 Å². The van der Waals surface area contributed by atoms with Crippen molar-refractivity contribution in [3.8, 4) is 0 Å². The number of aliphatic imine (C=N–C) groups is 1. The van der Waals surface area contributed by atoms with Crippen molar-refractivity contribution in [2.24, 2.45) is 4.99 Å². The third kappa shape index (κ3) is 3.43. The van der Waals surface area contributed by atoms with Gasteiger partial charge >= 0.3 is 0 Å². The number of hydrogen-bond acceptors (Lipinski definition) is 7. The Hall–Kier alpha value is -2.19. The molecule has 0 radical (unpaired) electrons. The molecule has 3 rings (SSSR count). The highest BCUT2D eigenvalue weighted by Crippen LogP contribution is 2.34. The SMILES string of the molecule is C=CCN1C(=O)/C(=C\c2ccc(C)o2)S/C1=N/c1nnc(C)s1. The molecule has 0 unspecified atom stereocenters. The molecule has 0 aromatic carbocycles. The van der Waals surface area contributed by atoms with Gasteiger partial charge < -0.3 is 4.42 Å². The summed E-state index contributed by atoms with van der Waals surface area (Å²) < 4.78 is 5.51. The van der Waals surface area contributed by atoms with Crippen LogP contribution in [0.2, 0.25) is 0 Å². The van der Waals surface area contributed by atoms with E-state index in [0.717, 1.165) is 10.8 Å². The lowest BCUT2D eigenvalue weighted by atomic mass is 10.3. The number of nitrogens with zero attached hydrogens (tertiary/aromatic N) is 4. The van der Waals surface area contributed by atoms with Gasteiger partial charge in [-0.15, -0.1) is 16.8 Å². The fourth-order valence-corrected chi connectivity index (χ4v) is 3.54. The van der Waals surface area contributed by atoms with Crippen LogP contribution in [0.1, 0.15) is 16.5 Å². The summed E-state index contributed by atoms with van der Waals surface area (Å²) in [6, 6.07) is 3.69. The Morgan fingerprint density at radius 1 is 1.39 bits per heavy atom. The van der Waals surface area contributed by atoms with Gasteiger partial charge in [0.15, 0.2) is 5.17 Å². The quantitative estimate of drug-likeness (QED) is 0.625. The molecule has 0 aliphatic carbocycles. The van der Waals surface area contributed by atoms with E-state index in [1.54, 1.807) is 17.1 Å². The molecular weight excluding hydrogens is 332 g/mol. The van der Waals surface area contributed by atoms with Crippen molar-refractivity contribution >= 4 is 45.4 Å². The van der Waals surface area contributed by atoms with Crippen molar-refractivity contribution < 1.29 is 9.21 Å². The number of furan rings is 1. The molecule has 23 heavy (non-hydrogen) atoms.